The van der Waals surface area contributed by atoms with Crippen LogP contribution in [0.3, 0.4) is 0 Å². The Kier molecular flexibility index (Phi) is 5.39. The summed E-state index contributed by atoms with van der Waals surface area (Å²) < 4.78 is 55.3. The summed E-state index contributed by atoms with van der Waals surface area (Å²) in [6, 6.07) is 11.5. The molecule has 0 radical (unpaired) electrons. The molecule has 0 bridgehead atoms. The highest BCUT2D eigenvalue weighted by Gasteiger charge is 2.32. The standard InChI is InChI=1S/C22H14F4N2O2/c1-2-12-5-3-4-6-14(12)15-8-7-13(22(24,25)26)11-17(15)16-9-10-18(29)19(20(16)23)21(27)28-30/h1,3-11,29-30H,(H2,27,28). The molecule has 4 N–H and O–H groups in total. The quantitative estimate of drug-likeness (QED) is 0.142. The lowest BCUT2D eigenvalue weighted by Gasteiger charge is -2.17. The Balaban J connectivity index is 2.40. The zero-order valence-electron chi connectivity index (χ0n) is 15.2. The van der Waals surface area contributed by atoms with Crippen molar-refractivity contribution in [2.45, 2.75) is 6.18 Å². The molecule has 0 aromatic heterocycles. The van der Waals surface area contributed by atoms with Gasteiger partial charge in [-0.1, -0.05) is 35.3 Å². The van der Waals surface area contributed by atoms with Crippen LogP contribution in [0.5, 0.6) is 5.75 Å². The second kappa shape index (κ2) is 7.79. The van der Waals surface area contributed by atoms with Crippen molar-refractivity contribution in [3.8, 4) is 40.3 Å². The second-order valence-electron chi connectivity index (χ2n) is 6.25. The number of amidine groups is 1. The Morgan fingerprint density at radius 2 is 1.63 bits per heavy atom. The van der Waals surface area contributed by atoms with Crippen molar-refractivity contribution in [2.75, 3.05) is 0 Å². The van der Waals surface area contributed by atoms with Crippen LogP contribution in [0.1, 0.15) is 16.7 Å². The lowest BCUT2D eigenvalue weighted by atomic mass is 9.89. The fourth-order valence-corrected chi connectivity index (χ4v) is 3.09. The molecule has 4 nitrogen and oxygen atoms in total. The van der Waals surface area contributed by atoms with Gasteiger partial charge in [-0.2, -0.15) is 13.2 Å². The highest BCUT2D eigenvalue weighted by atomic mass is 19.4. The van der Waals surface area contributed by atoms with Crippen LogP contribution in [-0.2, 0) is 6.18 Å². The van der Waals surface area contributed by atoms with Crippen molar-refractivity contribution in [3.63, 3.8) is 0 Å². The van der Waals surface area contributed by atoms with Crippen LogP contribution in [-0.4, -0.2) is 16.1 Å². The summed E-state index contributed by atoms with van der Waals surface area (Å²) in [6.07, 6.45) is 0.831. The van der Waals surface area contributed by atoms with Crippen LogP contribution < -0.4 is 5.73 Å². The maximum absolute atomic E-state index is 15.2. The molecule has 0 unspecified atom stereocenters. The average Bonchev–Trinajstić information content (AvgIpc) is 2.72. The van der Waals surface area contributed by atoms with E-state index in [9.17, 15) is 18.3 Å². The van der Waals surface area contributed by atoms with E-state index in [1.54, 1.807) is 24.3 Å². The fourth-order valence-electron chi connectivity index (χ4n) is 3.09. The number of aromatic hydroxyl groups is 1. The number of benzene rings is 3. The van der Waals surface area contributed by atoms with E-state index in [1.807, 2.05) is 0 Å². The summed E-state index contributed by atoms with van der Waals surface area (Å²) in [5.41, 5.74) is 4.43. The minimum atomic E-state index is -4.68. The Morgan fingerprint density at radius 1 is 0.967 bits per heavy atom. The van der Waals surface area contributed by atoms with E-state index in [0.29, 0.717) is 11.1 Å². The maximum Gasteiger partial charge on any atom is 0.416 e. The van der Waals surface area contributed by atoms with Crippen LogP contribution in [0.2, 0.25) is 0 Å². The summed E-state index contributed by atoms with van der Waals surface area (Å²) in [6.45, 7) is 0. The molecule has 30 heavy (non-hydrogen) atoms. The first-order valence-electron chi connectivity index (χ1n) is 8.46. The van der Waals surface area contributed by atoms with Crippen molar-refractivity contribution in [1.29, 1.82) is 0 Å². The van der Waals surface area contributed by atoms with Crippen molar-refractivity contribution in [3.05, 3.63) is 77.1 Å². The first-order valence-corrected chi connectivity index (χ1v) is 8.46. The fraction of sp³-hybridized carbons (Fsp3) is 0.0455. The van der Waals surface area contributed by atoms with Gasteiger partial charge in [0.25, 0.3) is 0 Å². The van der Waals surface area contributed by atoms with Gasteiger partial charge < -0.3 is 16.0 Å². The molecule has 0 saturated carbocycles. The number of rotatable bonds is 3. The van der Waals surface area contributed by atoms with E-state index in [-0.39, 0.29) is 16.7 Å². The SMILES string of the molecule is C#Cc1ccccc1-c1ccc(C(F)(F)F)cc1-c1ccc(O)c(/C(N)=N/O)c1F. The van der Waals surface area contributed by atoms with Gasteiger partial charge in [0, 0.05) is 11.1 Å². The van der Waals surface area contributed by atoms with E-state index in [0.717, 1.165) is 24.3 Å². The predicted molar refractivity (Wildman–Crippen MR) is 104 cm³/mol. The van der Waals surface area contributed by atoms with Gasteiger partial charge in [-0.3, -0.25) is 0 Å². The molecule has 0 aliphatic heterocycles. The van der Waals surface area contributed by atoms with Crippen LogP contribution >= 0.6 is 0 Å². The summed E-state index contributed by atoms with van der Waals surface area (Å²) in [5.74, 6) is -0.0642. The summed E-state index contributed by atoms with van der Waals surface area (Å²) in [7, 11) is 0. The number of phenolic OH excluding ortho intramolecular Hbond substituents is 1. The molecule has 0 aliphatic rings. The normalized spacial score (nSPS) is 11.9. The third-order valence-corrected chi connectivity index (χ3v) is 4.49. The lowest BCUT2D eigenvalue weighted by Crippen LogP contribution is -2.16. The van der Waals surface area contributed by atoms with Gasteiger partial charge in [-0.15, -0.1) is 6.42 Å². The molecule has 0 atom stereocenters. The largest absolute Gasteiger partial charge is 0.507 e. The third kappa shape index (κ3) is 3.65. The van der Waals surface area contributed by atoms with Gasteiger partial charge in [0.2, 0.25) is 0 Å². The Morgan fingerprint density at radius 3 is 2.27 bits per heavy atom. The number of hydrogen-bond acceptors (Lipinski definition) is 3. The third-order valence-electron chi connectivity index (χ3n) is 4.49. The summed E-state index contributed by atoms with van der Waals surface area (Å²) >= 11 is 0. The van der Waals surface area contributed by atoms with E-state index < -0.39 is 34.7 Å². The highest BCUT2D eigenvalue weighted by Crippen LogP contribution is 2.41. The van der Waals surface area contributed by atoms with Gasteiger partial charge in [0.1, 0.15) is 11.6 Å². The predicted octanol–water partition coefficient (Wildman–Crippen LogP) is 4.96. The van der Waals surface area contributed by atoms with Gasteiger partial charge in [0.05, 0.1) is 11.1 Å². The van der Waals surface area contributed by atoms with E-state index in [1.165, 1.54) is 6.07 Å². The minimum Gasteiger partial charge on any atom is -0.507 e. The van der Waals surface area contributed by atoms with Crippen LogP contribution in [0.4, 0.5) is 17.6 Å². The first kappa shape index (κ1) is 20.7. The topological polar surface area (TPSA) is 78.8 Å². The molecule has 0 spiro atoms. The number of phenols is 1. The second-order valence-corrected chi connectivity index (χ2v) is 6.25. The maximum atomic E-state index is 15.2. The molecule has 0 heterocycles. The van der Waals surface area contributed by atoms with Crippen molar-refractivity contribution in [1.82, 2.24) is 0 Å². The van der Waals surface area contributed by atoms with Crippen LogP contribution in [0, 0.1) is 18.2 Å². The number of halogens is 4. The number of oxime groups is 1. The van der Waals surface area contributed by atoms with Gasteiger partial charge in [-0.05, 0) is 47.0 Å². The molecule has 0 aliphatic carbocycles. The number of alkyl halides is 3. The molecule has 8 heteroatoms. The van der Waals surface area contributed by atoms with Crippen molar-refractivity contribution >= 4 is 5.84 Å². The number of nitrogens with two attached hydrogens (primary N) is 1. The van der Waals surface area contributed by atoms with E-state index >= 15 is 4.39 Å². The van der Waals surface area contributed by atoms with Gasteiger partial charge >= 0.3 is 6.18 Å². The highest BCUT2D eigenvalue weighted by molar-refractivity contribution is 6.01. The van der Waals surface area contributed by atoms with Gasteiger partial charge in [-0.25, -0.2) is 4.39 Å². The Bertz CT molecular complexity index is 1190. The number of hydrogen-bond donors (Lipinski definition) is 3. The molecular formula is C22H14F4N2O2. The van der Waals surface area contributed by atoms with E-state index in [4.69, 9.17) is 17.4 Å². The molecule has 0 fully saturated rings. The monoisotopic (exact) mass is 414 g/mol. The zero-order chi connectivity index (χ0) is 22.1. The van der Waals surface area contributed by atoms with Crippen LogP contribution in [0.15, 0.2) is 59.8 Å². The summed E-state index contributed by atoms with van der Waals surface area (Å²) in [5, 5.41) is 21.4. The van der Waals surface area contributed by atoms with Crippen molar-refractivity contribution < 1.29 is 27.9 Å². The average molecular weight is 414 g/mol. The summed E-state index contributed by atoms with van der Waals surface area (Å²) in [4.78, 5) is 0. The number of nitrogens with zero attached hydrogens (tertiary/aromatic N) is 1. The van der Waals surface area contributed by atoms with E-state index in [2.05, 4.69) is 11.1 Å². The smallest absolute Gasteiger partial charge is 0.416 e. The number of terminal acetylenes is 1. The molecule has 3 aromatic rings. The van der Waals surface area contributed by atoms with Gasteiger partial charge in [0.15, 0.2) is 5.84 Å². The molecule has 0 amide bonds. The van der Waals surface area contributed by atoms with Crippen molar-refractivity contribution in [2.24, 2.45) is 10.9 Å². The molecular weight excluding hydrogens is 400 g/mol. The first-order chi connectivity index (χ1) is 14.2. The Labute approximate surface area is 168 Å². The van der Waals surface area contributed by atoms with Crippen LogP contribution in [0.25, 0.3) is 22.3 Å². The minimum absolute atomic E-state index is 0.128. The Hall–Kier alpha value is -3.99. The molecule has 3 rings (SSSR count). The zero-order valence-corrected chi connectivity index (χ0v) is 15.2. The molecule has 3 aromatic carbocycles. The molecule has 0 saturated heterocycles. The molecule has 152 valence electrons. The lowest BCUT2D eigenvalue weighted by molar-refractivity contribution is -0.137.